The molecule has 0 spiro atoms. The maximum absolute atomic E-state index is 14.5. The second kappa shape index (κ2) is 13.3. The van der Waals surface area contributed by atoms with E-state index in [0.717, 1.165) is 73.3 Å². The van der Waals surface area contributed by atoms with Crippen molar-refractivity contribution in [2.24, 2.45) is 12.8 Å². The fourth-order valence-electron chi connectivity index (χ4n) is 7.19. The molecule has 2 amide bonds. The molecule has 2 aromatic heterocycles. The Labute approximate surface area is 263 Å². The van der Waals surface area contributed by atoms with Crippen molar-refractivity contribution >= 4 is 23.3 Å². The highest BCUT2D eigenvalue weighted by Crippen LogP contribution is 2.43. The van der Waals surface area contributed by atoms with Crippen LogP contribution in [0.1, 0.15) is 86.7 Å². The molecule has 2 N–H and O–H groups in total. The van der Waals surface area contributed by atoms with Gasteiger partial charge in [-0.2, -0.15) is 10.2 Å². The van der Waals surface area contributed by atoms with E-state index < -0.39 is 6.43 Å². The lowest BCUT2D eigenvalue weighted by Crippen LogP contribution is -2.40. The molecule has 1 aromatic carbocycles. The molecule has 3 aliphatic rings. The van der Waals surface area contributed by atoms with Crippen molar-refractivity contribution in [2.45, 2.75) is 83.7 Å². The van der Waals surface area contributed by atoms with Crippen molar-refractivity contribution < 1.29 is 18.4 Å². The van der Waals surface area contributed by atoms with Gasteiger partial charge in [0, 0.05) is 87.3 Å². The number of rotatable bonds is 9. The van der Waals surface area contributed by atoms with Gasteiger partial charge < -0.3 is 20.4 Å². The number of nitrogens with two attached hydrogens (primary N) is 1. The normalized spacial score (nSPS) is 17.2. The second-order valence-corrected chi connectivity index (χ2v) is 12.6. The third-order valence-corrected chi connectivity index (χ3v) is 9.64. The number of hydrogen-bond acceptors (Lipinski definition) is 6. The number of anilines is 2. The number of aromatic nitrogens is 4. The molecule has 5 heterocycles. The SMILES string of the molecule is CC(=O)N1CCc2c(c(N3CCCc4cc(-c5cnn(C)c5)c(C(F)F)cc43)nn2C2CCN(C(=O)CCCCCN)CC2)C1. The number of alkyl halides is 2. The van der Waals surface area contributed by atoms with Gasteiger partial charge in [0.15, 0.2) is 5.82 Å². The van der Waals surface area contributed by atoms with Crippen molar-refractivity contribution in [3.05, 3.63) is 46.9 Å². The Morgan fingerprint density at radius 2 is 1.84 bits per heavy atom. The molecule has 0 bridgehead atoms. The summed E-state index contributed by atoms with van der Waals surface area (Å²) in [5, 5.41) is 9.43. The topological polar surface area (TPSA) is 106 Å². The third kappa shape index (κ3) is 6.34. The van der Waals surface area contributed by atoms with Crippen LogP contribution in [0.25, 0.3) is 11.1 Å². The van der Waals surface area contributed by atoms with E-state index >= 15 is 0 Å². The number of halogens is 2. The van der Waals surface area contributed by atoms with Gasteiger partial charge in [0.1, 0.15) is 0 Å². The minimum Gasteiger partial charge on any atom is -0.343 e. The van der Waals surface area contributed by atoms with Crippen molar-refractivity contribution in [3.8, 4) is 11.1 Å². The zero-order valence-corrected chi connectivity index (χ0v) is 26.4. The standard InChI is InChI=1S/C33H44F2N8O2/c1-22(44)41-16-11-29-28(21-41)33(38-43(29)25-9-14-40(15-10-25)31(45)8-4-3-5-12-36)42-13-6-7-23-17-26(24-19-37-39(2)20-24)27(32(34)35)18-30(23)42/h17-20,25,32H,3-16,21,36H2,1-2H3. The van der Waals surface area contributed by atoms with E-state index in [1.165, 1.54) is 0 Å². The zero-order chi connectivity index (χ0) is 31.7. The lowest BCUT2D eigenvalue weighted by Gasteiger charge is -2.34. The summed E-state index contributed by atoms with van der Waals surface area (Å²) in [4.78, 5) is 31.2. The fraction of sp³-hybridized carbons (Fsp3) is 0.576. The summed E-state index contributed by atoms with van der Waals surface area (Å²) in [6.45, 7) is 5.33. The van der Waals surface area contributed by atoms with Gasteiger partial charge >= 0.3 is 0 Å². The number of nitrogens with zero attached hydrogens (tertiary/aromatic N) is 7. The molecule has 12 heteroatoms. The van der Waals surface area contributed by atoms with E-state index in [0.29, 0.717) is 63.2 Å². The average Bonchev–Trinajstić information content (AvgIpc) is 3.65. The number of benzene rings is 1. The number of hydrogen-bond donors (Lipinski definition) is 1. The minimum absolute atomic E-state index is 0.0118. The van der Waals surface area contributed by atoms with Crippen LogP contribution in [0.15, 0.2) is 24.5 Å². The lowest BCUT2D eigenvalue weighted by molar-refractivity contribution is -0.132. The van der Waals surface area contributed by atoms with E-state index in [9.17, 15) is 18.4 Å². The van der Waals surface area contributed by atoms with Gasteiger partial charge in [-0.15, -0.1) is 0 Å². The Bertz CT molecular complexity index is 1540. The third-order valence-electron chi connectivity index (χ3n) is 9.64. The van der Waals surface area contributed by atoms with Gasteiger partial charge in [-0.05, 0) is 68.3 Å². The molecule has 6 rings (SSSR count). The van der Waals surface area contributed by atoms with E-state index in [-0.39, 0.29) is 23.4 Å². The average molecular weight is 623 g/mol. The van der Waals surface area contributed by atoms with Gasteiger partial charge in [0.05, 0.1) is 18.8 Å². The van der Waals surface area contributed by atoms with Gasteiger partial charge in [-0.1, -0.05) is 6.42 Å². The number of carbonyl (C=O) groups is 2. The number of unbranched alkanes of at least 4 members (excludes halogenated alkanes) is 2. The van der Waals surface area contributed by atoms with Crippen LogP contribution in [0.5, 0.6) is 0 Å². The molecule has 0 radical (unpaired) electrons. The fourth-order valence-corrected chi connectivity index (χ4v) is 7.19. The van der Waals surface area contributed by atoms with Crippen LogP contribution < -0.4 is 10.6 Å². The molecule has 3 aromatic rings. The molecule has 0 unspecified atom stereocenters. The van der Waals surface area contributed by atoms with Crippen LogP contribution in [0.3, 0.4) is 0 Å². The molecule has 242 valence electrons. The number of fused-ring (bicyclic) bond motifs is 2. The Hall–Kier alpha value is -3.80. The summed E-state index contributed by atoms with van der Waals surface area (Å²) in [6.07, 6.45) is 8.03. The molecule has 45 heavy (non-hydrogen) atoms. The van der Waals surface area contributed by atoms with Crippen molar-refractivity contribution in [1.82, 2.24) is 29.4 Å². The molecule has 10 nitrogen and oxygen atoms in total. The van der Waals surface area contributed by atoms with Crippen LogP contribution in [-0.2, 0) is 36.0 Å². The van der Waals surface area contributed by atoms with Gasteiger partial charge in [0.2, 0.25) is 11.8 Å². The van der Waals surface area contributed by atoms with Crippen LogP contribution in [0.4, 0.5) is 20.3 Å². The molecule has 0 aliphatic carbocycles. The first-order valence-electron chi connectivity index (χ1n) is 16.3. The maximum Gasteiger partial charge on any atom is 0.264 e. The van der Waals surface area contributed by atoms with Crippen molar-refractivity contribution in [3.63, 3.8) is 0 Å². The molecular formula is C33H44F2N8O2. The number of aryl methyl sites for hydroxylation is 2. The molecule has 1 fully saturated rings. The highest BCUT2D eigenvalue weighted by atomic mass is 19.3. The monoisotopic (exact) mass is 622 g/mol. The molecule has 0 atom stereocenters. The smallest absolute Gasteiger partial charge is 0.264 e. The first-order chi connectivity index (χ1) is 21.7. The van der Waals surface area contributed by atoms with E-state index in [2.05, 4.69) is 14.7 Å². The summed E-state index contributed by atoms with van der Waals surface area (Å²) < 4.78 is 32.8. The lowest BCUT2D eigenvalue weighted by atomic mass is 9.92. The Kier molecular flexibility index (Phi) is 9.21. The summed E-state index contributed by atoms with van der Waals surface area (Å²) >= 11 is 0. The highest BCUT2D eigenvalue weighted by molar-refractivity contribution is 5.78. The Balaban J connectivity index is 1.31. The van der Waals surface area contributed by atoms with Crippen LogP contribution in [-0.4, -0.2) is 73.9 Å². The van der Waals surface area contributed by atoms with Gasteiger partial charge in [-0.25, -0.2) is 8.78 Å². The number of likely N-dealkylation sites (tertiary alicyclic amines) is 1. The second-order valence-electron chi connectivity index (χ2n) is 12.6. The van der Waals surface area contributed by atoms with Crippen molar-refractivity contribution in [1.29, 1.82) is 0 Å². The zero-order valence-electron chi connectivity index (χ0n) is 26.4. The summed E-state index contributed by atoms with van der Waals surface area (Å²) in [5.74, 6) is 0.971. The largest absolute Gasteiger partial charge is 0.343 e. The number of amides is 2. The van der Waals surface area contributed by atoms with E-state index in [1.807, 2.05) is 15.9 Å². The predicted molar refractivity (Wildman–Crippen MR) is 168 cm³/mol. The first-order valence-corrected chi connectivity index (χ1v) is 16.3. The summed E-state index contributed by atoms with van der Waals surface area (Å²) in [7, 11) is 1.78. The maximum atomic E-state index is 14.5. The first kappa shape index (κ1) is 31.2. The summed E-state index contributed by atoms with van der Waals surface area (Å²) in [5.41, 5.74) is 10.6. The molecule has 0 saturated carbocycles. The van der Waals surface area contributed by atoms with E-state index in [4.69, 9.17) is 10.8 Å². The highest BCUT2D eigenvalue weighted by Gasteiger charge is 2.35. The van der Waals surface area contributed by atoms with Crippen LogP contribution >= 0.6 is 0 Å². The van der Waals surface area contributed by atoms with Crippen LogP contribution in [0.2, 0.25) is 0 Å². The number of piperidine rings is 1. The number of carbonyl (C=O) groups excluding carboxylic acids is 2. The quantitative estimate of drug-likeness (QED) is 0.341. The van der Waals surface area contributed by atoms with E-state index in [1.54, 1.807) is 37.1 Å². The molecular weight excluding hydrogens is 578 g/mol. The van der Waals surface area contributed by atoms with Crippen molar-refractivity contribution in [2.75, 3.05) is 37.6 Å². The Morgan fingerprint density at radius 1 is 1.04 bits per heavy atom. The Morgan fingerprint density at radius 3 is 2.53 bits per heavy atom. The molecule has 3 aliphatic heterocycles. The molecule has 1 saturated heterocycles. The van der Waals surface area contributed by atoms with Gasteiger partial charge in [0.25, 0.3) is 6.43 Å². The van der Waals surface area contributed by atoms with Crippen LogP contribution in [0, 0.1) is 0 Å². The predicted octanol–water partition coefficient (Wildman–Crippen LogP) is 4.89. The minimum atomic E-state index is -2.65. The summed E-state index contributed by atoms with van der Waals surface area (Å²) in [6, 6.07) is 3.66. The van der Waals surface area contributed by atoms with Gasteiger partial charge in [-0.3, -0.25) is 19.0 Å².